The normalized spacial score (nSPS) is 14.6. The van der Waals surface area contributed by atoms with Crippen molar-refractivity contribution in [2.24, 2.45) is 0 Å². The molecule has 0 bridgehead atoms. The lowest BCUT2D eigenvalue weighted by Gasteiger charge is -2.14. The first kappa shape index (κ1) is 13.5. The van der Waals surface area contributed by atoms with Crippen LogP contribution >= 0.6 is 0 Å². The molecule has 102 valence electrons. The van der Waals surface area contributed by atoms with E-state index in [-0.39, 0.29) is 11.9 Å². The fraction of sp³-hybridized carbons (Fsp3) is 0.429. The Morgan fingerprint density at radius 3 is 2.95 bits per heavy atom. The third kappa shape index (κ3) is 3.54. The van der Waals surface area contributed by atoms with E-state index in [1.54, 1.807) is 7.05 Å². The van der Waals surface area contributed by atoms with Crippen molar-refractivity contribution in [2.45, 2.75) is 32.0 Å². The number of anilines is 1. The number of nitrogens with one attached hydrogen (secondary N) is 3. The Hall–Kier alpha value is -1.88. The molecule has 0 saturated carbocycles. The number of carbonyl (C=O) groups excluding carboxylic acids is 2. The summed E-state index contributed by atoms with van der Waals surface area (Å²) in [5.41, 5.74) is 3.50. The van der Waals surface area contributed by atoms with Crippen LogP contribution in [0.5, 0.6) is 0 Å². The van der Waals surface area contributed by atoms with Crippen LogP contribution in [0.2, 0.25) is 0 Å². The van der Waals surface area contributed by atoms with Crippen molar-refractivity contribution in [2.75, 3.05) is 12.4 Å². The Balaban J connectivity index is 1.94. The van der Waals surface area contributed by atoms with Crippen molar-refractivity contribution in [3.05, 3.63) is 29.3 Å². The van der Waals surface area contributed by atoms with Crippen LogP contribution < -0.4 is 16.0 Å². The molecule has 1 aromatic carbocycles. The summed E-state index contributed by atoms with van der Waals surface area (Å²) in [5, 5.41) is 8.99. The van der Waals surface area contributed by atoms with Crippen LogP contribution in [0.15, 0.2) is 18.2 Å². The molecule has 0 saturated heterocycles. The number of fused-ring (bicyclic) bond motifs is 1. The van der Waals surface area contributed by atoms with Crippen molar-refractivity contribution in [1.82, 2.24) is 10.6 Å². The molecule has 0 aromatic heterocycles. The molecule has 19 heavy (non-hydrogen) atoms. The van der Waals surface area contributed by atoms with Gasteiger partial charge in [0.25, 0.3) is 0 Å². The molecule has 5 nitrogen and oxygen atoms in total. The lowest BCUT2D eigenvalue weighted by Crippen LogP contribution is -2.25. The zero-order valence-corrected chi connectivity index (χ0v) is 11.0. The van der Waals surface area contributed by atoms with Crippen LogP contribution in [0.25, 0.3) is 0 Å². The molecule has 1 aromatic rings. The summed E-state index contributed by atoms with van der Waals surface area (Å²) >= 11 is 0. The average Bonchev–Trinajstić information content (AvgIpc) is 2.90. The van der Waals surface area contributed by atoms with Gasteiger partial charge in [-0.2, -0.15) is 0 Å². The lowest BCUT2D eigenvalue weighted by atomic mass is 10.1. The first-order chi connectivity index (χ1) is 9.22. The molecular weight excluding hydrogens is 242 g/mol. The summed E-state index contributed by atoms with van der Waals surface area (Å²) in [7, 11) is 1.60. The summed E-state index contributed by atoms with van der Waals surface area (Å²) < 4.78 is 0. The van der Waals surface area contributed by atoms with E-state index >= 15 is 0 Å². The third-order valence-corrected chi connectivity index (χ3v) is 3.31. The number of benzene rings is 1. The fourth-order valence-corrected chi connectivity index (χ4v) is 2.18. The molecule has 0 aliphatic carbocycles. The minimum absolute atomic E-state index is 0.0493. The molecule has 1 heterocycles. The van der Waals surface area contributed by atoms with Gasteiger partial charge in [0, 0.05) is 32.2 Å². The van der Waals surface area contributed by atoms with E-state index in [2.05, 4.69) is 28.1 Å². The van der Waals surface area contributed by atoms with Gasteiger partial charge in [-0.25, -0.2) is 0 Å². The van der Waals surface area contributed by atoms with Gasteiger partial charge in [0.15, 0.2) is 0 Å². The molecule has 0 fully saturated rings. The molecule has 0 radical (unpaired) electrons. The number of aldehydes is 1. The number of hydrogen-bond acceptors (Lipinski definition) is 4. The Labute approximate surface area is 112 Å². The summed E-state index contributed by atoms with van der Waals surface area (Å²) in [6, 6.07) is 5.77. The van der Waals surface area contributed by atoms with Gasteiger partial charge in [0.2, 0.25) is 5.91 Å². The van der Waals surface area contributed by atoms with E-state index < -0.39 is 0 Å². The topological polar surface area (TPSA) is 70.2 Å². The van der Waals surface area contributed by atoms with E-state index in [4.69, 9.17) is 0 Å². The Kier molecular flexibility index (Phi) is 4.52. The number of hydrogen-bond donors (Lipinski definition) is 3. The Morgan fingerprint density at radius 1 is 1.42 bits per heavy atom. The van der Waals surface area contributed by atoms with Crippen molar-refractivity contribution in [3.8, 4) is 0 Å². The van der Waals surface area contributed by atoms with Crippen LogP contribution in [-0.2, 0) is 22.7 Å². The van der Waals surface area contributed by atoms with Crippen molar-refractivity contribution in [3.63, 3.8) is 0 Å². The highest BCUT2D eigenvalue weighted by Crippen LogP contribution is 2.20. The number of rotatable bonds is 6. The van der Waals surface area contributed by atoms with Gasteiger partial charge >= 0.3 is 0 Å². The van der Waals surface area contributed by atoms with Crippen molar-refractivity contribution in [1.29, 1.82) is 0 Å². The molecular formula is C14H19N3O2. The van der Waals surface area contributed by atoms with E-state index in [1.807, 2.05) is 6.07 Å². The van der Waals surface area contributed by atoms with Gasteiger partial charge in [0.1, 0.15) is 6.29 Å². The minimum atomic E-state index is -0.329. The van der Waals surface area contributed by atoms with Crippen LogP contribution in [0, 0.1) is 0 Å². The van der Waals surface area contributed by atoms with Crippen molar-refractivity contribution < 1.29 is 9.59 Å². The van der Waals surface area contributed by atoms with Gasteiger partial charge in [-0.05, 0) is 29.7 Å². The zero-order valence-electron chi connectivity index (χ0n) is 11.0. The van der Waals surface area contributed by atoms with Crippen LogP contribution in [0.4, 0.5) is 5.69 Å². The Morgan fingerprint density at radius 2 is 2.21 bits per heavy atom. The van der Waals surface area contributed by atoms with Crippen molar-refractivity contribution >= 4 is 17.9 Å². The Bertz CT molecular complexity index is 474. The monoisotopic (exact) mass is 261 g/mol. The summed E-state index contributed by atoms with van der Waals surface area (Å²) in [5.74, 6) is -0.0493. The van der Waals surface area contributed by atoms with Gasteiger partial charge in [-0.15, -0.1) is 0 Å². The molecule has 3 N–H and O–H groups in total. The molecule has 5 heteroatoms. The predicted molar refractivity (Wildman–Crippen MR) is 73.8 cm³/mol. The standard InChI is InChI=1S/C14H19N3O2/c1-15-14(19)5-4-13(9-18)17-12-3-2-10-7-16-8-11(10)6-12/h2-3,6,9,13,16-17H,4-5,7-8H2,1H3,(H,15,19). The highest BCUT2D eigenvalue weighted by Gasteiger charge is 2.13. The van der Waals surface area contributed by atoms with Gasteiger partial charge in [-0.3, -0.25) is 4.79 Å². The molecule has 1 aliphatic heterocycles. The maximum Gasteiger partial charge on any atom is 0.219 e. The largest absolute Gasteiger partial charge is 0.376 e. The minimum Gasteiger partial charge on any atom is -0.376 e. The summed E-state index contributed by atoms with van der Waals surface area (Å²) in [6.45, 7) is 1.78. The number of carbonyl (C=O) groups is 2. The van der Waals surface area contributed by atoms with Crippen LogP contribution in [0.3, 0.4) is 0 Å². The first-order valence-electron chi connectivity index (χ1n) is 6.48. The second kappa shape index (κ2) is 6.33. The molecule has 2 rings (SSSR count). The van der Waals surface area contributed by atoms with Gasteiger partial charge < -0.3 is 20.7 Å². The first-order valence-corrected chi connectivity index (χ1v) is 6.48. The fourth-order valence-electron chi connectivity index (χ4n) is 2.18. The molecule has 0 spiro atoms. The third-order valence-electron chi connectivity index (χ3n) is 3.31. The second-order valence-electron chi connectivity index (χ2n) is 4.69. The smallest absolute Gasteiger partial charge is 0.219 e. The van der Waals surface area contributed by atoms with Gasteiger partial charge in [-0.1, -0.05) is 6.07 Å². The maximum atomic E-state index is 11.2. The second-order valence-corrected chi connectivity index (χ2v) is 4.69. The number of amides is 1. The molecule has 1 aliphatic rings. The maximum absolute atomic E-state index is 11.2. The molecule has 1 unspecified atom stereocenters. The van der Waals surface area contributed by atoms with E-state index in [0.717, 1.165) is 25.1 Å². The highest BCUT2D eigenvalue weighted by molar-refractivity contribution is 5.76. The molecule has 1 atom stereocenters. The zero-order chi connectivity index (χ0) is 13.7. The van der Waals surface area contributed by atoms with Crippen LogP contribution in [0.1, 0.15) is 24.0 Å². The predicted octanol–water partition coefficient (Wildman–Crippen LogP) is 0.795. The van der Waals surface area contributed by atoms with E-state index in [1.165, 1.54) is 11.1 Å². The highest BCUT2D eigenvalue weighted by atomic mass is 16.1. The van der Waals surface area contributed by atoms with Gasteiger partial charge in [0.05, 0.1) is 6.04 Å². The van der Waals surface area contributed by atoms with E-state index in [9.17, 15) is 9.59 Å². The lowest BCUT2D eigenvalue weighted by molar-refractivity contribution is -0.120. The summed E-state index contributed by atoms with van der Waals surface area (Å²) in [4.78, 5) is 22.2. The average molecular weight is 261 g/mol. The quantitative estimate of drug-likeness (QED) is 0.662. The van der Waals surface area contributed by atoms with E-state index in [0.29, 0.717) is 12.8 Å². The van der Waals surface area contributed by atoms with Crippen LogP contribution in [-0.4, -0.2) is 25.3 Å². The SMILES string of the molecule is CNC(=O)CCC(C=O)Nc1ccc2c(c1)CNC2. The molecule has 1 amide bonds. The summed E-state index contributed by atoms with van der Waals surface area (Å²) in [6.07, 6.45) is 1.70.